The topological polar surface area (TPSA) is 44.8 Å². The first kappa shape index (κ1) is 19.9. The van der Waals surface area contributed by atoms with Gasteiger partial charge < -0.3 is 0 Å². The van der Waals surface area contributed by atoms with E-state index in [2.05, 4.69) is 13.6 Å². The van der Waals surface area contributed by atoms with Crippen LogP contribution in [0.1, 0.15) is 59.3 Å². The first-order valence-electron chi connectivity index (χ1n) is 6.94. The molecule has 4 nitrogen and oxygen atoms in total. The molecule has 3 atom stereocenters. The van der Waals surface area contributed by atoms with Gasteiger partial charge in [0.15, 0.2) is 0 Å². The molecule has 0 aromatic rings. The van der Waals surface area contributed by atoms with E-state index in [4.69, 9.17) is 0 Å². The minimum Gasteiger partial charge on any atom is -0.251 e. The maximum Gasteiger partial charge on any atom is 0.482 e. The Bertz CT molecular complexity index is 251. The summed E-state index contributed by atoms with van der Waals surface area (Å²) in [4.78, 5) is 0. The predicted octanol–water partition coefficient (Wildman–Crippen LogP) is 5.43. The molecule has 0 fully saturated rings. The number of phosphoric acid groups is 1. The van der Waals surface area contributed by atoms with Gasteiger partial charge in [0, 0.05) is 19.3 Å². The molecule has 0 aliphatic heterocycles. The standard InChI is InChI=1S/C12H24F3O4P/c1-4-7-10(13)17-20(16,18-11(14)8-5-2)19-12(15)9-6-3/h10-12H,4-9H2,1-3H3. The maximum atomic E-state index is 13.4. The van der Waals surface area contributed by atoms with E-state index in [1.54, 1.807) is 20.8 Å². The van der Waals surface area contributed by atoms with Crippen molar-refractivity contribution in [3.8, 4) is 0 Å². The van der Waals surface area contributed by atoms with Gasteiger partial charge in [-0.3, -0.25) is 13.6 Å². The molecule has 0 bridgehead atoms. The molecule has 0 N–H and O–H groups in total. The molecule has 0 aromatic heterocycles. The van der Waals surface area contributed by atoms with Gasteiger partial charge in [-0.25, -0.2) is 17.7 Å². The molecule has 0 heterocycles. The zero-order chi connectivity index (χ0) is 15.6. The van der Waals surface area contributed by atoms with Crippen LogP contribution in [-0.4, -0.2) is 19.1 Å². The van der Waals surface area contributed by atoms with Crippen molar-refractivity contribution in [2.24, 2.45) is 0 Å². The molecule has 0 rings (SSSR count). The Morgan fingerprint density at radius 3 is 1.20 bits per heavy atom. The summed E-state index contributed by atoms with van der Waals surface area (Å²) in [7, 11) is -4.60. The Labute approximate surface area is 118 Å². The number of halogens is 3. The summed E-state index contributed by atoms with van der Waals surface area (Å²) in [6, 6.07) is 0. The molecule has 0 aromatic carbocycles. The summed E-state index contributed by atoms with van der Waals surface area (Å²) in [5.41, 5.74) is 0. The van der Waals surface area contributed by atoms with Crippen LogP contribution in [0.2, 0.25) is 0 Å². The van der Waals surface area contributed by atoms with Crippen LogP contribution in [-0.2, 0) is 18.1 Å². The zero-order valence-electron chi connectivity index (χ0n) is 12.2. The predicted molar refractivity (Wildman–Crippen MR) is 70.3 cm³/mol. The van der Waals surface area contributed by atoms with E-state index in [0.29, 0.717) is 19.3 Å². The average molecular weight is 320 g/mol. The quantitative estimate of drug-likeness (QED) is 0.450. The van der Waals surface area contributed by atoms with Gasteiger partial charge in [0.1, 0.15) is 0 Å². The highest BCUT2D eigenvalue weighted by Crippen LogP contribution is 2.54. The molecule has 0 spiro atoms. The Hall–Kier alpha value is -0.100. The Kier molecular flexibility index (Phi) is 10.5. The fraction of sp³-hybridized carbons (Fsp3) is 1.00. The smallest absolute Gasteiger partial charge is 0.251 e. The van der Waals surface area contributed by atoms with Crippen LogP contribution in [0.15, 0.2) is 0 Å². The largest absolute Gasteiger partial charge is 0.482 e. The monoisotopic (exact) mass is 320 g/mol. The molecule has 20 heavy (non-hydrogen) atoms. The molecule has 3 unspecified atom stereocenters. The molecule has 0 saturated heterocycles. The summed E-state index contributed by atoms with van der Waals surface area (Å²) < 4.78 is 65.6. The molecule has 0 aliphatic carbocycles. The van der Waals surface area contributed by atoms with Crippen molar-refractivity contribution >= 4 is 7.82 Å². The Balaban J connectivity index is 4.69. The van der Waals surface area contributed by atoms with Crippen molar-refractivity contribution in [2.75, 3.05) is 0 Å². The first-order valence-corrected chi connectivity index (χ1v) is 8.40. The summed E-state index contributed by atoms with van der Waals surface area (Å²) in [5.74, 6) is 0. The van der Waals surface area contributed by atoms with Crippen LogP contribution in [0, 0.1) is 0 Å². The second-order valence-electron chi connectivity index (χ2n) is 4.36. The lowest BCUT2D eigenvalue weighted by Gasteiger charge is -2.22. The van der Waals surface area contributed by atoms with Crippen LogP contribution in [0.3, 0.4) is 0 Å². The molecule has 0 radical (unpaired) electrons. The molecule has 0 aliphatic rings. The van der Waals surface area contributed by atoms with Gasteiger partial charge >= 0.3 is 7.82 Å². The number of alkyl halides is 3. The van der Waals surface area contributed by atoms with Crippen molar-refractivity contribution in [2.45, 2.75) is 78.4 Å². The van der Waals surface area contributed by atoms with Crippen molar-refractivity contribution in [3.05, 3.63) is 0 Å². The lowest BCUT2D eigenvalue weighted by Crippen LogP contribution is -2.15. The molecule has 8 heteroatoms. The van der Waals surface area contributed by atoms with Gasteiger partial charge in [0.2, 0.25) is 19.1 Å². The third-order valence-electron chi connectivity index (χ3n) is 2.28. The lowest BCUT2D eigenvalue weighted by atomic mass is 10.3. The minimum atomic E-state index is -4.60. The first-order chi connectivity index (χ1) is 9.36. The van der Waals surface area contributed by atoms with E-state index in [0.717, 1.165) is 0 Å². The molecular weight excluding hydrogens is 296 g/mol. The Morgan fingerprint density at radius 2 is 1.00 bits per heavy atom. The number of phosphoric ester groups is 1. The summed E-state index contributed by atoms with van der Waals surface area (Å²) >= 11 is 0. The second kappa shape index (κ2) is 10.6. The van der Waals surface area contributed by atoms with Gasteiger partial charge in [-0.15, -0.1) is 0 Å². The fourth-order valence-corrected chi connectivity index (χ4v) is 2.64. The van der Waals surface area contributed by atoms with Crippen LogP contribution in [0.5, 0.6) is 0 Å². The number of rotatable bonds is 12. The van der Waals surface area contributed by atoms with Gasteiger partial charge in [-0.2, -0.15) is 0 Å². The SMILES string of the molecule is CCCC(F)OP(=O)(OC(F)CCC)OC(F)CCC. The molecule has 0 saturated carbocycles. The number of hydrogen-bond donors (Lipinski definition) is 0. The maximum absolute atomic E-state index is 13.4. The van der Waals surface area contributed by atoms with Gasteiger partial charge in [-0.05, 0) is 0 Å². The van der Waals surface area contributed by atoms with E-state index in [9.17, 15) is 17.7 Å². The lowest BCUT2D eigenvalue weighted by molar-refractivity contribution is -0.0649. The van der Waals surface area contributed by atoms with E-state index in [1.807, 2.05) is 0 Å². The normalized spacial score (nSPS) is 19.3. The Morgan fingerprint density at radius 1 is 0.750 bits per heavy atom. The van der Waals surface area contributed by atoms with Crippen LogP contribution < -0.4 is 0 Å². The number of hydrogen-bond acceptors (Lipinski definition) is 4. The molecular formula is C12H24F3O4P. The van der Waals surface area contributed by atoms with E-state index >= 15 is 0 Å². The third-order valence-corrected chi connectivity index (χ3v) is 3.74. The summed E-state index contributed by atoms with van der Waals surface area (Å²) in [6.45, 7) is 5.06. The average Bonchev–Trinajstić information content (AvgIpc) is 2.28. The highest BCUT2D eigenvalue weighted by molar-refractivity contribution is 7.48. The van der Waals surface area contributed by atoms with E-state index in [-0.39, 0.29) is 19.3 Å². The summed E-state index contributed by atoms with van der Waals surface area (Å²) in [6.07, 6.45) is -4.78. The highest BCUT2D eigenvalue weighted by atomic mass is 31.2. The zero-order valence-corrected chi connectivity index (χ0v) is 13.1. The van der Waals surface area contributed by atoms with Gasteiger partial charge in [-0.1, -0.05) is 40.0 Å². The minimum absolute atomic E-state index is 0.0633. The molecule has 122 valence electrons. The van der Waals surface area contributed by atoms with Crippen LogP contribution >= 0.6 is 7.82 Å². The van der Waals surface area contributed by atoms with Crippen LogP contribution in [0.25, 0.3) is 0 Å². The van der Waals surface area contributed by atoms with Crippen molar-refractivity contribution < 1.29 is 31.3 Å². The second-order valence-corrected chi connectivity index (χ2v) is 5.89. The van der Waals surface area contributed by atoms with Crippen molar-refractivity contribution in [1.82, 2.24) is 0 Å². The highest BCUT2D eigenvalue weighted by Gasteiger charge is 2.37. The summed E-state index contributed by atoms with van der Waals surface area (Å²) in [5, 5.41) is 0. The van der Waals surface area contributed by atoms with Gasteiger partial charge in [0.25, 0.3) is 0 Å². The van der Waals surface area contributed by atoms with Crippen molar-refractivity contribution in [1.29, 1.82) is 0 Å². The van der Waals surface area contributed by atoms with E-state index in [1.165, 1.54) is 0 Å². The van der Waals surface area contributed by atoms with Crippen molar-refractivity contribution in [3.63, 3.8) is 0 Å². The third kappa shape index (κ3) is 8.95. The fourth-order valence-electron chi connectivity index (χ4n) is 1.33. The van der Waals surface area contributed by atoms with Gasteiger partial charge in [0.05, 0.1) is 0 Å². The van der Waals surface area contributed by atoms with Crippen LogP contribution in [0.4, 0.5) is 13.2 Å². The van der Waals surface area contributed by atoms with E-state index < -0.39 is 26.9 Å². The molecule has 0 amide bonds.